The molecule has 2 aliphatic heterocycles. The minimum atomic E-state index is -3.98. The van der Waals surface area contributed by atoms with Crippen molar-refractivity contribution < 1.29 is 21.6 Å². The molecule has 41 heavy (non-hydrogen) atoms. The van der Waals surface area contributed by atoms with Crippen molar-refractivity contribution in [2.45, 2.75) is 25.1 Å². The van der Waals surface area contributed by atoms with Gasteiger partial charge in [-0.2, -0.15) is 27.0 Å². The number of nitrogens with zero attached hydrogens (tertiary/aromatic N) is 5. The predicted molar refractivity (Wildman–Crippen MR) is 150 cm³/mol. The maximum absolute atomic E-state index is 14.0. The second kappa shape index (κ2) is 10.9. The van der Waals surface area contributed by atoms with E-state index in [1.165, 1.54) is 29.5 Å². The first-order valence-electron chi connectivity index (χ1n) is 12.3. The van der Waals surface area contributed by atoms with E-state index in [0.717, 1.165) is 12.3 Å². The van der Waals surface area contributed by atoms with Gasteiger partial charge in [0.25, 0.3) is 10.2 Å². The maximum atomic E-state index is 14.0. The van der Waals surface area contributed by atoms with Crippen molar-refractivity contribution in [1.29, 1.82) is 0 Å². The fraction of sp³-hybridized carbons (Fsp3) is 0.192. The van der Waals surface area contributed by atoms with E-state index >= 15 is 0 Å². The Morgan fingerprint density at radius 2 is 1.93 bits per heavy atom. The second-order valence-electron chi connectivity index (χ2n) is 9.28. The van der Waals surface area contributed by atoms with E-state index in [4.69, 9.17) is 16.6 Å². The molecule has 2 aromatic heterocycles. The summed E-state index contributed by atoms with van der Waals surface area (Å²) in [6.45, 7) is -2.68. The van der Waals surface area contributed by atoms with E-state index in [-0.39, 0.29) is 23.7 Å². The van der Waals surface area contributed by atoms with Gasteiger partial charge in [0.1, 0.15) is 11.9 Å². The Kier molecular flexibility index (Phi) is 7.32. The molecule has 0 bridgehead atoms. The molecule has 15 heteroatoms. The molecule has 2 N–H and O–H groups in total. The second-order valence-corrected chi connectivity index (χ2v) is 12.0. The van der Waals surface area contributed by atoms with Crippen LogP contribution in [-0.2, 0) is 10.2 Å². The Labute approximate surface area is 242 Å². The van der Waals surface area contributed by atoms with Crippen molar-refractivity contribution in [3.63, 3.8) is 0 Å². The lowest BCUT2D eigenvalue weighted by Crippen LogP contribution is -2.41. The van der Waals surface area contributed by atoms with E-state index in [1.807, 2.05) is 4.90 Å². The number of hydrogen-bond donors (Lipinski definition) is 2. The van der Waals surface area contributed by atoms with Crippen molar-refractivity contribution in [2.24, 2.45) is 4.99 Å². The number of fused-ring (bicyclic) bond motifs is 1. The van der Waals surface area contributed by atoms with Crippen molar-refractivity contribution in [3.8, 4) is 0 Å². The van der Waals surface area contributed by atoms with Crippen LogP contribution in [0.4, 0.5) is 18.9 Å². The number of halogens is 4. The molecule has 2 aliphatic rings. The summed E-state index contributed by atoms with van der Waals surface area (Å²) in [6, 6.07) is 12.3. The smallest absolute Gasteiger partial charge is 0.326 e. The Morgan fingerprint density at radius 1 is 1.12 bits per heavy atom. The van der Waals surface area contributed by atoms with Crippen molar-refractivity contribution in [2.75, 3.05) is 11.3 Å². The molecule has 0 saturated carbocycles. The molecular formula is C26H21ClF3N7O2S2. The number of aromatic nitrogens is 3. The molecule has 1 saturated heterocycles. The van der Waals surface area contributed by atoms with Crippen LogP contribution >= 0.6 is 22.9 Å². The third-order valence-corrected chi connectivity index (χ3v) is 8.82. The van der Waals surface area contributed by atoms with Crippen molar-refractivity contribution in [1.82, 2.24) is 24.4 Å². The summed E-state index contributed by atoms with van der Waals surface area (Å²) in [5, 5.41) is 6.53. The summed E-state index contributed by atoms with van der Waals surface area (Å²) in [5.41, 5.74) is 2.11. The number of aliphatic imine (C=N–C) groups is 1. The van der Waals surface area contributed by atoms with Gasteiger partial charge in [-0.25, -0.2) is 14.1 Å². The summed E-state index contributed by atoms with van der Waals surface area (Å²) in [4.78, 5) is 11.2. The Balaban J connectivity index is 1.45. The van der Waals surface area contributed by atoms with E-state index in [0.29, 0.717) is 38.0 Å². The number of para-hydroxylation sites is 1. The number of rotatable bonds is 8. The van der Waals surface area contributed by atoms with Gasteiger partial charge in [0.2, 0.25) is 0 Å². The molecule has 2 atom stereocenters. The molecule has 0 spiro atoms. The highest BCUT2D eigenvalue weighted by Crippen LogP contribution is 2.46. The molecule has 0 radical (unpaired) electrons. The molecule has 0 unspecified atom stereocenters. The van der Waals surface area contributed by atoms with Gasteiger partial charge < -0.3 is 4.90 Å². The van der Waals surface area contributed by atoms with Gasteiger partial charge in [0.15, 0.2) is 10.8 Å². The summed E-state index contributed by atoms with van der Waals surface area (Å²) < 4.78 is 72.8. The summed E-state index contributed by atoms with van der Waals surface area (Å²) >= 11 is 7.81. The first-order valence-corrected chi connectivity index (χ1v) is 15.0. The normalized spacial score (nSPS) is 19.0. The number of benzene rings is 2. The minimum absolute atomic E-state index is 0.0967. The van der Waals surface area contributed by atoms with Crippen molar-refractivity contribution >= 4 is 50.2 Å². The van der Waals surface area contributed by atoms with Gasteiger partial charge >= 0.3 is 6.55 Å². The zero-order valence-electron chi connectivity index (χ0n) is 21.0. The number of amidine groups is 1. The van der Waals surface area contributed by atoms with Crippen LogP contribution in [0.25, 0.3) is 5.57 Å². The lowest BCUT2D eigenvalue weighted by Gasteiger charge is -2.32. The zero-order chi connectivity index (χ0) is 28.7. The number of hydrogen-bond acceptors (Lipinski definition) is 7. The van der Waals surface area contributed by atoms with Gasteiger partial charge in [0.05, 0.1) is 5.69 Å². The highest BCUT2D eigenvalue weighted by atomic mass is 35.5. The van der Waals surface area contributed by atoms with Crippen LogP contribution in [0, 0.1) is 5.82 Å². The molecule has 0 aliphatic carbocycles. The predicted octanol–water partition coefficient (Wildman–Crippen LogP) is 5.46. The molecule has 4 aromatic rings. The molecule has 1 fully saturated rings. The molecule has 0 amide bonds. The molecule has 212 valence electrons. The number of nitrogens with one attached hydrogen (secondary N) is 2. The Morgan fingerprint density at radius 3 is 2.61 bits per heavy atom. The molecule has 9 nitrogen and oxygen atoms in total. The largest absolute Gasteiger partial charge is 0.333 e. The molecule has 6 rings (SSSR count). The number of alkyl halides is 2. The van der Waals surface area contributed by atoms with Gasteiger partial charge in [-0.05, 0) is 30.3 Å². The zero-order valence-corrected chi connectivity index (χ0v) is 23.3. The summed E-state index contributed by atoms with van der Waals surface area (Å²) in [6.07, 6.45) is 2.96. The highest BCUT2D eigenvalue weighted by molar-refractivity contribution is 7.90. The van der Waals surface area contributed by atoms with Gasteiger partial charge in [-0.15, -0.1) is 11.3 Å². The molecular weight excluding hydrogens is 599 g/mol. The summed E-state index contributed by atoms with van der Waals surface area (Å²) in [5.74, 6) is -0.0899. The van der Waals surface area contributed by atoms with Crippen molar-refractivity contribution in [3.05, 3.63) is 105 Å². The standard InChI is InChI=1S/C26H21ClF3N7O2S2/c27-19-12-15(28)6-7-18(19)23-22(20-8-10-37(33-20)26(29)30)21-13-17(14-36(21)24(32-23)25-31-9-11-40-25)35-41(38,39)34-16-4-2-1-3-5-16/h1-12,17,23,26,34-35H,13-14H2/t17-,23-/m0/s1. The topological polar surface area (TPSA) is 105 Å². The third-order valence-electron chi connectivity index (χ3n) is 6.57. The van der Waals surface area contributed by atoms with E-state index in [1.54, 1.807) is 41.9 Å². The fourth-order valence-electron chi connectivity index (χ4n) is 4.94. The van der Waals surface area contributed by atoms with Crippen LogP contribution in [0.3, 0.4) is 0 Å². The molecule has 2 aromatic carbocycles. The number of thiazole rings is 1. The first kappa shape index (κ1) is 27.4. The van der Waals surface area contributed by atoms with E-state index in [9.17, 15) is 21.6 Å². The van der Waals surface area contributed by atoms with Crippen LogP contribution in [0.1, 0.15) is 35.3 Å². The lowest BCUT2D eigenvalue weighted by atomic mass is 9.92. The van der Waals surface area contributed by atoms with Crippen LogP contribution in [0.2, 0.25) is 5.02 Å². The molecule has 4 heterocycles. The maximum Gasteiger partial charge on any atom is 0.333 e. The quantitative estimate of drug-likeness (QED) is 0.273. The SMILES string of the molecule is O=S(=O)(Nc1ccccc1)N[C@H]1CC2=C(c3ccn(C(F)F)n3)[C@H](c3ccc(F)cc3Cl)N=C(c3nccs3)N2C1. The average Bonchev–Trinajstić information content (AvgIpc) is 3.69. The average molecular weight is 620 g/mol. The highest BCUT2D eigenvalue weighted by Gasteiger charge is 2.42. The van der Waals surface area contributed by atoms with E-state index in [2.05, 4.69) is 19.5 Å². The van der Waals surface area contributed by atoms with E-state index < -0.39 is 34.7 Å². The first-order chi connectivity index (χ1) is 19.7. The van der Waals surface area contributed by atoms with Gasteiger partial charge in [-0.3, -0.25) is 9.71 Å². The monoisotopic (exact) mass is 619 g/mol. The minimum Gasteiger partial charge on any atom is -0.326 e. The Hall–Kier alpha value is -3.72. The number of anilines is 1. The van der Waals surface area contributed by atoms with Crippen LogP contribution in [-0.4, -0.2) is 46.5 Å². The van der Waals surface area contributed by atoms with Crippen LogP contribution < -0.4 is 9.44 Å². The Bertz CT molecular complexity index is 1750. The lowest BCUT2D eigenvalue weighted by molar-refractivity contribution is 0.0564. The summed E-state index contributed by atoms with van der Waals surface area (Å²) in [7, 11) is -3.98. The van der Waals surface area contributed by atoms with Gasteiger partial charge in [-0.1, -0.05) is 35.9 Å². The fourth-order valence-corrected chi connectivity index (χ4v) is 6.96. The third kappa shape index (κ3) is 5.60. The van der Waals surface area contributed by atoms with Gasteiger partial charge in [0, 0.05) is 64.3 Å². The van der Waals surface area contributed by atoms with Crippen LogP contribution in [0.5, 0.6) is 0 Å². The van der Waals surface area contributed by atoms with Crippen LogP contribution in [0.15, 0.2) is 83.1 Å².